The third kappa shape index (κ3) is 2.93. The SMILES string of the molecule is CC(C)c1cccc(Pc2ccccc2)c1. The molecule has 0 amide bonds. The van der Waals surface area contributed by atoms with Crippen LogP contribution in [0.2, 0.25) is 0 Å². The Morgan fingerprint density at radius 1 is 0.812 bits per heavy atom. The molecule has 1 heteroatoms. The lowest BCUT2D eigenvalue weighted by Crippen LogP contribution is -2.04. The Hall–Kier alpha value is -1.13. The van der Waals surface area contributed by atoms with Crippen LogP contribution in [0.3, 0.4) is 0 Å². The first-order chi connectivity index (χ1) is 7.75. The summed E-state index contributed by atoms with van der Waals surface area (Å²) in [4.78, 5) is 0. The molecule has 0 saturated heterocycles. The van der Waals surface area contributed by atoms with E-state index in [1.54, 1.807) is 0 Å². The summed E-state index contributed by atoms with van der Waals surface area (Å²) in [5.41, 5.74) is 1.43. The van der Waals surface area contributed by atoms with E-state index >= 15 is 0 Å². The maximum absolute atomic E-state index is 2.33. The van der Waals surface area contributed by atoms with Crippen molar-refractivity contribution < 1.29 is 0 Å². The number of hydrogen-bond donors (Lipinski definition) is 0. The van der Waals surface area contributed by atoms with Gasteiger partial charge in [-0.15, -0.1) is 0 Å². The molecule has 82 valence electrons. The molecule has 0 saturated carbocycles. The van der Waals surface area contributed by atoms with E-state index < -0.39 is 0 Å². The van der Waals surface area contributed by atoms with E-state index in [-0.39, 0.29) is 0 Å². The highest BCUT2D eigenvalue weighted by atomic mass is 31.1. The van der Waals surface area contributed by atoms with Crippen LogP contribution in [0.25, 0.3) is 0 Å². The molecule has 0 aliphatic heterocycles. The van der Waals surface area contributed by atoms with Crippen molar-refractivity contribution in [1.82, 2.24) is 0 Å². The maximum atomic E-state index is 2.33. The van der Waals surface area contributed by atoms with Crippen LogP contribution in [0.1, 0.15) is 25.3 Å². The lowest BCUT2D eigenvalue weighted by atomic mass is 10.0. The minimum atomic E-state index is 0.612. The van der Waals surface area contributed by atoms with Gasteiger partial charge in [0, 0.05) is 0 Å². The molecule has 1 atom stereocenters. The minimum Gasteiger partial charge on any atom is -0.0622 e. The average molecular weight is 228 g/mol. The van der Waals surface area contributed by atoms with Crippen LogP contribution < -0.4 is 10.6 Å². The van der Waals surface area contributed by atoms with Gasteiger partial charge >= 0.3 is 0 Å². The number of hydrogen-bond acceptors (Lipinski definition) is 0. The van der Waals surface area contributed by atoms with E-state index in [9.17, 15) is 0 Å². The Labute approximate surface area is 99.5 Å². The zero-order chi connectivity index (χ0) is 11.4. The van der Waals surface area contributed by atoms with E-state index in [0.29, 0.717) is 5.92 Å². The molecule has 2 aromatic carbocycles. The van der Waals surface area contributed by atoms with E-state index in [4.69, 9.17) is 0 Å². The Balaban J connectivity index is 2.19. The second-order valence-electron chi connectivity index (χ2n) is 4.27. The zero-order valence-electron chi connectivity index (χ0n) is 9.77. The van der Waals surface area contributed by atoms with Gasteiger partial charge in [0.2, 0.25) is 0 Å². The zero-order valence-corrected chi connectivity index (χ0v) is 10.8. The van der Waals surface area contributed by atoms with E-state index in [2.05, 4.69) is 68.4 Å². The van der Waals surface area contributed by atoms with Crippen molar-refractivity contribution >= 4 is 19.2 Å². The summed E-state index contributed by atoms with van der Waals surface area (Å²) in [7, 11) is 0.766. The summed E-state index contributed by atoms with van der Waals surface area (Å²) in [5.74, 6) is 0.612. The van der Waals surface area contributed by atoms with E-state index in [0.717, 1.165) is 8.58 Å². The van der Waals surface area contributed by atoms with Crippen molar-refractivity contribution in [2.75, 3.05) is 0 Å². The van der Waals surface area contributed by atoms with Gasteiger partial charge in [0.1, 0.15) is 0 Å². The molecular weight excluding hydrogens is 211 g/mol. The second-order valence-corrected chi connectivity index (χ2v) is 5.68. The van der Waals surface area contributed by atoms with Crippen molar-refractivity contribution in [2.45, 2.75) is 19.8 Å². The third-order valence-corrected chi connectivity index (χ3v) is 3.84. The van der Waals surface area contributed by atoms with Crippen LogP contribution in [-0.2, 0) is 0 Å². The molecule has 0 fully saturated rings. The molecule has 0 nitrogen and oxygen atoms in total. The van der Waals surface area contributed by atoms with Crippen molar-refractivity contribution in [1.29, 1.82) is 0 Å². The van der Waals surface area contributed by atoms with Crippen molar-refractivity contribution in [3.8, 4) is 0 Å². The molecule has 0 radical (unpaired) electrons. The molecule has 0 bridgehead atoms. The van der Waals surface area contributed by atoms with Gasteiger partial charge in [-0.25, -0.2) is 0 Å². The van der Waals surface area contributed by atoms with Gasteiger partial charge < -0.3 is 0 Å². The van der Waals surface area contributed by atoms with Gasteiger partial charge in [0.05, 0.1) is 0 Å². The topological polar surface area (TPSA) is 0 Å². The van der Waals surface area contributed by atoms with Crippen molar-refractivity contribution in [2.24, 2.45) is 0 Å². The molecule has 2 rings (SSSR count). The summed E-state index contributed by atoms with van der Waals surface area (Å²) >= 11 is 0. The maximum Gasteiger partial charge on any atom is -0.0219 e. The molecule has 16 heavy (non-hydrogen) atoms. The molecule has 0 heterocycles. The van der Waals surface area contributed by atoms with Gasteiger partial charge in [-0.1, -0.05) is 77.0 Å². The summed E-state index contributed by atoms with van der Waals surface area (Å²) in [6.45, 7) is 4.48. The first-order valence-electron chi connectivity index (χ1n) is 5.68. The van der Waals surface area contributed by atoms with Gasteiger partial charge in [-0.3, -0.25) is 0 Å². The largest absolute Gasteiger partial charge is 0.0622 e. The molecule has 0 N–H and O–H groups in total. The van der Waals surface area contributed by atoms with Crippen LogP contribution in [0.5, 0.6) is 0 Å². The Bertz CT molecular complexity index is 446. The molecule has 2 aromatic rings. The summed E-state index contributed by atoms with van der Waals surface area (Å²) in [6, 6.07) is 19.6. The lowest BCUT2D eigenvalue weighted by molar-refractivity contribution is 0.868. The van der Waals surface area contributed by atoms with Crippen LogP contribution >= 0.6 is 8.58 Å². The second kappa shape index (κ2) is 5.27. The fraction of sp³-hybridized carbons (Fsp3) is 0.200. The fourth-order valence-electron chi connectivity index (χ4n) is 1.66. The molecule has 1 unspecified atom stereocenters. The minimum absolute atomic E-state index is 0.612. The Morgan fingerprint density at radius 3 is 2.19 bits per heavy atom. The van der Waals surface area contributed by atoms with Crippen LogP contribution in [-0.4, -0.2) is 0 Å². The number of rotatable bonds is 3. The molecular formula is C15H17P. The predicted octanol–water partition coefficient (Wildman–Crippen LogP) is 3.44. The van der Waals surface area contributed by atoms with Crippen molar-refractivity contribution in [3.63, 3.8) is 0 Å². The molecule has 0 aromatic heterocycles. The number of benzene rings is 2. The van der Waals surface area contributed by atoms with Crippen LogP contribution in [0.15, 0.2) is 54.6 Å². The van der Waals surface area contributed by atoms with Gasteiger partial charge in [0.15, 0.2) is 0 Å². The standard InChI is InChI=1S/C15H17P/c1-12(2)13-7-6-10-15(11-13)16-14-8-4-3-5-9-14/h3-12,16H,1-2H3. The highest BCUT2D eigenvalue weighted by molar-refractivity contribution is 7.55. The fourth-order valence-corrected chi connectivity index (χ4v) is 2.77. The Kier molecular flexibility index (Phi) is 3.74. The van der Waals surface area contributed by atoms with Gasteiger partial charge in [-0.05, 0) is 22.1 Å². The molecule has 0 aliphatic carbocycles. The highest BCUT2D eigenvalue weighted by Gasteiger charge is 2.00. The summed E-state index contributed by atoms with van der Waals surface area (Å²) < 4.78 is 0. The molecule has 0 spiro atoms. The van der Waals surface area contributed by atoms with Crippen molar-refractivity contribution in [3.05, 3.63) is 60.2 Å². The Morgan fingerprint density at radius 2 is 1.50 bits per heavy atom. The van der Waals surface area contributed by atoms with Gasteiger partial charge in [-0.2, -0.15) is 0 Å². The average Bonchev–Trinajstić information content (AvgIpc) is 2.30. The van der Waals surface area contributed by atoms with E-state index in [1.165, 1.54) is 16.2 Å². The summed E-state index contributed by atoms with van der Waals surface area (Å²) in [5, 5.41) is 2.83. The van der Waals surface area contributed by atoms with Gasteiger partial charge in [0.25, 0.3) is 0 Å². The first-order valence-corrected chi connectivity index (χ1v) is 6.68. The van der Waals surface area contributed by atoms with Crippen LogP contribution in [0, 0.1) is 0 Å². The normalized spacial score (nSPS) is 11.4. The molecule has 0 aliphatic rings. The highest BCUT2D eigenvalue weighted by Crippen LogP contribution is 2.16. The van der Waals surface area contributed by atoms with Crippen LogP contribution in [0.4, 0.5) is 0 Å². The predicted molar refractivity (Wildman–Crippen MR) is 74.6 cm³/mol. The monoisotopic (exact) mass is 228 g/mol. The first kappa shape index (κ1) is 11.4. The quantitative estimate of drug-likeness (QED) is 0.706. The summed E-state index contributed by atoms with van der Waals surface area (Å²) in [6.07, 6.45) is 0. The third-order valence-electron chi connectivity index (χ3n) is 2.62. The van der Waals surface area contributed by atoms with E-state index in [1.807, 2.05) is 0 Å². The lowest BCUT2D eigenvalue weighted by Gasteiger charge is -2.08. The smallest absolute Gasteiger partial charge is 0.0219 e.